The Kier molecular flexibility index (Phi) is 5.09. The molecule has 0 radical (unpaired) electrons. The zero-order chi connectivity index (χ0) is 4.83. The lowest BCUT2D eigenvalue weighted by Crippen LogP contribution is -1.50. The fourth-order valence-electron chi connectivity index (χ4n) is 0.0618. The lowest BCUT2D eigenvalue weighted by molar-refractivity contribution is -0.104. The van der Waals surface area contributed by atoms with Crippen LogP contribution in [0.25, 0.3) is 0 Å². The summed E-state index contributed by atoms with van der Waals surface area (Å²) in [5, 5.41) is 1.49. The first-order chi connectivity index (χ1) is 2.91. The molecule has 0 bridgehead atoms. The van der Waals surface area contributed by atoms with Gasteiger partial charge in [0, 0.05) is 0 Å². The van der Waals surface area contributed by atoms with Gasteiger partial charge in [-0.25, -0.2) is 0 Å². The average Bonchev–Trinajstić information content (AvgIpc) is 1.61. The molecule has 0 unspecified atom stereocenters. The summed E-state index contributed by atoms with van der Waals surface area (Å²) in [6, 6.07) is 0. The van der Waals surface area contributed by atoms with Gasteiger partial charge in [-0.1, -0.05) is 0 Å². The van der Waals surface area contributed by atoms with Crippen molar-refractivity contribution in [3.8, 4) is 0 Å². The van der Waals surface area contributed by atoms with E-state index in [1.807, 2.05) is 0 Å². The van der Waals surface area contributed by atoms with Crippen LogP contribution >= 0.6 is 21.7 Å². The predicted molar refractivity (Wildman–Crippen MR) is 28.6 cm³/mol. The van der Waals surface area contributed by atoms with Crippen molar-refractivity contribution < 1.29 is 4.79 Å². The molecule has 0 fully saturated rings. The second-order valence-electron chi connectivity index (χ2n) is 0.554. The predicted octanol–water partition coefficient (Wildman–Crippen LogP) is 1.59. The van der Waals surface area contributed by atoms with Gasteiger partial charge in [0.1, 0.15) is 6.29 Å². The third-order valence-electron chi connectivity index (χ3n) is 0.209. The molecule has 0 rings (SSSR count). The van der Waals surface area contributed by atoms with Crippen molar-refractivity contribution in [2.24, 2.45) is 0 Å². The molecule has 0 aliphatic heterocycles. The zero-order valence-electron chi connectivity index (χ0n) is 2.93. The van der Waals surface area contributed by atoms with Gasteiger partial charge in [-0.2, -0.15) is 0 Å². The van der Waals surface area contributed by atoms with Gasteiger partial charge in [-0.05, 0) is 33.1 Å². The fraction of sp³-hybridized carbons (Fsp3) is 0. The Hall–Kier alpha value is 0.0500. The SMILES string of the molecule is O=C/C=C/SCl. The van der Waals surface area contributed by atoms with Crippen LogP contribution in [0.15, 0.2) is 11.5 Å². The van der Waals surface area contributed by atoms with E-state index in [9.17, 15) is 4.79 Å². The summed E-state index contributed by atoms with van der Waals surface area (Å²) in [4.78, 5) is 9.40. The minimum Gasteiger partial charge on any atom is -0.299 e. The highest BCUT2D eigenvalue weighted by Gasteiger charge is 1.61. The number of rotatable bonds is 2. The van der Waals surface area contributed by atoms with E-state index in [0.29, 0.717) is 6.29 Å². The number of carbonyl (C=O) groups is 1. The van der Waals surface area contributed by atoms with Gasteiger partial charge in [0.2, 0.25) is 0 Å². The number of allylic oxidation sites excluding steroid dienone is 1. The summed E-state index contributed by atoms with van der Waals surface area (Å²) in [6.45, 7) is 0. The average molecular weight is 123 g/mol. The molecule has 0 heterocycles. The highest BCUT2D eigenvalue weighted by atomic mass is 35.7. The molecule has 0 N–H and O–H groups in total. The van der Waals surface area contributed by atoms with Crippen LogP contribution in [-0.2, 0) is 4.79 Å². The summed E-state index contributed by atoms with van der Waals surface area (Å²) in [5.41, 5.74) is 0. The van der Waals surface area contributed by atoms with Crippen molar-refractivity contribution in [1.82, 2.24) is 0 Å². The van der Waals surface area contributed by atoms with Gasteiger partial charge in [0.05, 0.1) is 0 Å². The number of carbonyl (C=O) groups excluding carboxylic acids is 1. The van der Waals surface area contributed by atoms with Gasteiger partial charge < -0.3 is 0 Å². The Bertz CT molecular complexity index is 61.8. The maximum absolute atomic E-state index is 9.40. The normalized spacial score (nSPS) is 9.50. The number of hydrogen-bond donors (Lipinski definition) is 0. The number of hydrogen-bond acceptors (Lipinski definition) is 2. The first-order valence-corrected chi connectivity index (χ1v) is 3.00. The molecule has 0 aliphatic rings. The summed E-state index contributed by atoms with van der Waals surface area (Å²) in [7, 11) is 6.04. The first-order valence-electron chi connectivity index (χ1n) is 1.29. The van der Waals surface area contributed by atoms with Crippen LogP contribution < -0.4 is 0 Å². The number of aldehydes is 1. The second-order valence-corrected chi connectivity index (χ2v) is 1.54. The maximum atomic E-state index is 9.40. The Balaban J connectivity index is 2.94. The maximum Gasteiger partial charge on any atom is 0.143 e. The van der Waals surface area contributed by atoms with Crippen LogP contribution in [0, 0.1) is 0 Å². The van der Waals surface area contributed by atoms with E-state index in [-0.39, 0.29) is 0 Å². The molecule has 1 nitrogen and oxygen atoms in total. The monoisotopic (exact) mass is 122 g/mol. The van der Waals surface area contributed by atoms with Crippen LogP contribution in [0.3, 0.4) is 0 Å². The molecule has 0 atom stereocenters. The standard InChI is InChI=1S/C3H3ClOS/c4-6-3-1-2-5/h1-3H/b3-1+. The van der Waals surface area contributed by atoms with E-state index in [1.165, 1.54) is 11.5 Å². The Morgan fingerprint density at radius 3 is 2.50 bits per heavy atom. The molecule has 0 saturated heterocycles. The summed E-state index contributed by atoms with van der Waals surface area (Å²) >= 11 is 0. The highest BCUT2D eigenvalue weighted by Crippen LogP contribution is 2.04. The van der Waals surface area contributed by atoms with Gasteiger partial charge >= 0.3 is 0 Å². The third-order valence-corrected chi connectivity index (χ3v) is 0.777. The smallest absolute Gasteiger partial charge is 0.143 e. The van der Waals surface area contributed by atoms with Crippen molar-refractivity contribution in [2.75, 3.05) is 0 Å². The molecule has 0 saturated carbocycles. The molecule has 34 valence electrons. The van der Waals surface area contributed by atoms with Crippen LogP contribution in [0.2, 0.25) is 0 Å². The van der Waals surface area contributed by atoms with E-state index in [2.05, 4.69) is 0 Å². The molecule has 0 aromatic rings. The second kappa shape index (κ2) is 5.05. The fourth-order valence-corrected chi connectivity index (χ4v) is 0.363. The van der Waals surface area contributed by atoms with E-state index in [0.717, 1.165) is 11.0 Å². The molecule has 3 heteroatoms. The Morgan fingerprint density at radius 1 is 1.67 bits per heavy atom. The van der Waals surface area contributed by atoms with E-state index >= 15 is 0 Å². The van der Waals surface area contributed by atoms with Crippen molar-refractivity contribution in [3.05, 3.63) is 11.5 Å². The van der Waals surface area contributed by atoms with Crippen molar-refractivity contribution >= 4 is 27.9 Å². The van der Waals surface area contributed by atoms with E-state index in [1.54, 1.807) is 0 Å². The van der Waals surface area contributed by atoms with E-state index in [4.69, 9.17) is 10.7 Å². The van der Waals surface area contributed by atoms with Crippen molar-refractivity contribution in [3.63, 3.8) is 0 Å². The number of halogens is 1. The molecular formula is C3H3ClOS. The minimum atomic E-state index is 0.676. The molecule has 6 heavy (non-hydrogen) atoms. The highest BCUT2D eigenvalue weighted by molar-refractivity contribution is 8.23. The van der Waals surface area contributed by atoms with Crippen molar-refractivity contribution in [1.29, 1.82) is 0 Å². The summed E-state index contributed by atoms with van der Waals surface area (Å²) < 4.78 is 0. The minimum absolute atomic E-state index is 0.676. The molecule has 0 aliphatic carbocycles. The Morgan fingerprint density at radius 2 is 2.33 bits per heavy atom. The molecule has 0 amide bonds. The van der Waals surface area contributed by atoms with Crippen LogP contribution in [0.5, 0.6) is 0 Å². The molecule has 0 aromatic heterocycles. The van der Waals surface area contributed by atoms with Gasteiger partial charge in [-0.3, -0.25) is 4.79 Å². The van der Waals surface area contributed by atoms with E-state index < -0.39 is 0 Å². The van der Waals surface area contributed by atoms with Gasteiger partial charge in [0.15, 0.2) is 0 Å². The van der Waals surface area contributed by atoms with Crippen LogP contribution in [-0.4, -0.2) is 6.29 Å². The third kappa shape index (κ3) is 4.05. The van der Waals surface area contributed by atoms with Gasteiger partial charge in [0.25, 0.3) is 0 Å². The molecule has 0 aromatic carbocycles. The van der Waals surface area contributed by atoms with Crippen molar-refractivity contribution in [2.45, 2.75) is 0 Å². The quantitative estimate of drug-likeness (QED) is 0.409. The van der Waals surface area contributed by atoms with Gasteiger partial charge in [-0.15, -0.1) is 0 Å². The summed E-state index contributed by atoms with van der Waals surface area (Å²) in [5.74, 6) is 0. The molecule has 0 spiro atoms. The summed E-state index contributed by atoms with van der Waals surface area (Å²) in [6.07, 6.45) is 2.01. The lowest BCUT2D eigenvalue weighted by Gasteiger charge is -1.62. The molecular weight excluding hydrogens is 120 g/mol. The first kappa shape index (κ1) is 6.05. The largest absolute Gasteiger partial charge is 0.299 e. The van der Waals surface area contributed by atoms with Crippen LogP contribution in [0.4, 0.5) is 0 Å². The Labute approximate surface area is 44.9 Å². The van der Waals surface area contributed by atoms with Crippen LogP contribution in [0.1, 0.15) is 0 Å². The zero-order valence-corrected chi connectivity index (χ0v) is 4.50. The lowest BCUT2D eigenvalue weighted by atomic mass is 10.7. The topological polar surface area (TPSA) is 17.1 Å².